The molecule has 1 N–H and O–H groups in total. The van der Waals surface area contributed by atoms with E-state index in [1.54, 1.807) is 42.0 Å². The number of nitrogens with zero attached hydrogens (tertiary/aromatic N) is 2. The van der Waals surface area contributed by atoms with E-state index < -0.39 is 0 Å². The lowest BCUT2D eigenvalue weighted by Gasteiger charge is -2.16. The molecule has 0 aliphatic heterocycles. The van der Waals surface area contributed by atoms with Gasteiger partial charge in [-0.25, -0.2) is 4.98 Å². The summed E-state index contributed by atoms with van der Waals surface area (Å²) in [5.74, 6) is -0.207. The lowest BCUT2D eigenvalue weighted by molar-refractivity contribution is 0.0935. The van der Waals surface area contributed by atoms with Gasteiger partial charge in [0.05, 0.1) is 17.3 Å². The molecule has 25 heavy (non-hydrogen) atoms. The van der Waals surface area contributed by atoms with E-state index in [0.717, 1.165) is 15.6 Å². The van der Waals surface area contributed by atoms with Gasteiger partial charge in [-0.1, -0.05) is 0 Å². The first-order valence-electron chi connectivity index (χ1n) is 7.86. The summed E-state index contributed by atoms with van der Waals surface area (Å²) in [6.45, 7) is 4.01. The van der Waals surface area contributed by atoms with Gasteiger partial charge in [0.15, 0.2) is 0 Å². The fourth-order valence-corrected chi connectivity index (χ4v) is 4.12. The van der Waals surface area contributed by atoms with Gasteiger partial charge in [-0.05, 0) is 42.3 Å². The fourth-order valence-electron chi connectivity index (χ4n) is 2.46. The third-order valence-electron chi connectivity index (χ3n) is 4.02. The van der Waals surface area contributed by atoms with Crippen molar-refractivity contribution < 1.29 is 4.79 Å². The van der Waals surface area contributed by atoms with Crippen LogP contribution in [0.5, 0.6) is 0 Å². The number of carbonyl (C=O) groups is 1. The van der Waals surface area contributed by atoms with Crippen LogP contribution in [-0.4, -0.2) is 15.5 Å². The summed E-state index contributed by atoms with van der Waals surface area (Å²) in [5, 5.41) is 8.08. The average Bonchev–Trinajstić information content (AvgIpc) is 3.19. The minimum atomic E-state index is -0.207. The Balaban J connectivity index is 1.87. The molecule has 3 aromatic heterocycles. The third-order valence-corrected chi connectivity index (χ3v) is 5.94. The van der Waals surface area contributed by atoms with Crippen molar-refractivity contribution in [2.24, 2.45) is 7.05 Å². The third kappa shape index (κ3) is 4.05. The first-order valence-corrected chi connectivity index (χ1v) is 9.62. The van der Waals surface area contributed by atoms with Crippen molar-refractivity contribution in [3.63, 3.8) is 0 Å². The molecule has 0 bridgehead atoms. The Hall–Kier alpha value is -2.25. The molecule has 0 aromatic carbocycles. The van der Waals surface area contributed by atoms with Crippen LogP contribution in [0.4, 0.5) is 0 Å². The number of nitrogens with one attached hydrogen (secondary N) is 1. The molecular weight excluding hydrogens is 354 g/mol. The van der Waals surface area contributed by atoms with Crippen LogP contribution in [0.1, 0.15) is 37.5 Å². The molecule has 7 heteroatoms. The second-order valence-electron chi connectivity index (χ2n) is 5.92. The molecule has 1 unspecified atom stereocenters. The van der Waals surface area contributed by atoms with E-state index in [1.165, 1.54) is 16.2 Å². The smallest absolute Gasteiger partial charge is 0.253 e. The van der Waals surface area contributed by atoms with Crippen molar-refractivity contribution in [2.45, 2.75) is 26.3 Å². The number of rotatable bonds is 5. The predicted molar refractivity (Wildman–Crippen MR) is 102 cm³/mol. The number of thiazole rings is 1. The molecular formula is C18H19N3O2S2. The second-order valence-corrected chi connectivity index (χ2v) is 7.94. The van der Waals surface area contributed by atoms with Crippen LogP contribution in [0.2, 0.25) is 0 Å². The van der Waals surface area contributed by atoms with Gasteiger partial charge in [-0.3, -0.25) is 9.59 Å². The molecule has 5 nitrogen and oxygen atoms in total. The van der Waals surface area contributed by atoms with Crippen LogP contribution >= 0.6 is 22.7 Å². The van der Waals surface area contributed by atoms with Gasteiger partial charge in [0.2, 0.25) is 5.56 Å². The first-order chi connectivity index (χ1) is 11.9. The summed E-state index contributed by atoms with van der Waals surface area (Å²) in [5.41, 5.74) is 2.48. The summed E-state index contributed by atoms with van der Waals surface area (Å²) in [4.78, 5) is 30.0. The van der Waals surface area contributed by atoms with Crippen molar-refractivity contribution in [1.29, 1.82) is 0 Å². The van der Waals surface area contributed by atoms with E-state index >= 15 is 0 Å². The monoisotopic (exact) mass is 373 g/mol. The minimum Gasteiger partial charge on any atom is -0.342 e. The molecule has 3 aromatic rings. The van der Waals surface area contributed by atoms with Gasteiger partial charge in [0, 0.05) is 30.6 Å². The lowest BCUT2D eigenvalue weighted by atomic mass is 10.1. The highest BCUT2D eigenvalue weighted by atomic mass is 32.1. The number of pyridine rings is 1. The number of hydrogen-bond acceptors (Lipinski definition) is 5. The Morgan fingerprint density at radius 1 is 1.32 bits per heavy atom. The van der Waals surface area contributed by atoms with Gasteiger partial charge >= 0.3 is 0 Å². The molecule has 0 spiro atoms. The Bertz CT molecular complexity index is 922. The summed E-state index contributed by atoms with van der Waals surface area (Å²) >= 11 is 3.25. The zero-order valence-electron chi connectivity index (χ0n) is 14.3. The Morgan fingerprint density at radius 3 is 2.72 bits per heavy atom. The van der Waals surface area contributed by atoms with Crippen LogP contribution in [-0.2, 0) is 13.5 Å². The molecule has 3 rings (SSSR count). The summed E-state index contributed by atoms with van der Waals surface area (Å²) < 4.78 is 1.40. The second kappa shape index (κ2) is 7.33. The highest BCUT2D eigenvalue weighted by Gasteiger charge is 2.21. The Kier molecular flexibility index (Phi) is 5.15. The highest BCUT2D eigenvalue weighted by Crippen LogP contribution is 2.26. The SMILES string of the molecule is Cc1nc(C(Cc2ccsc2)NC(=O)c2ccc(=O)n(C)c2)sc1C. The number of aryl methyl sites for hydroxylation is 3. The van der Waals surface area contributed by atoms with E-state index in [-0.39, 0.29) is 17.5 Å². The van der Waals surface area contributed by atoms with Crippen LogP contribution < -0.4 is 10.9 Å². The average molecular weight is 374 g/mol. The zero-order valence-corrected chi connectivity index (χ0v) is 15.9. The maximum absolute atomic E-state index is 12.7. The topological polar surface area (TPSA) is 64.0 Å². The van der Waals surface area contributed by atoms with Gasteiger partial charge in [-0.2, -0.15) is 11.3 Å². The van der Waals surface area contributed by atoms with E-state index in [1.807, 2.05) is 19.2 Å². The number of carbonyl (C=O) groups excluding carboxylic acids is 1. The van der Waals surface area contributed by atoms with Crippen molar-refractivity contribution in [2.75, 3.05) is 0 Å². The van der Waals surface area contributed by atoms with E-state index in [9.17, 15) is 9.59 Å². The number of aromatic nitrogens is 2. The van der Waals surface area contributed by atoms with Crippen molar-refractivity contribution in [3.05, 3.63) is 72.2 Å². The van der Waals surface area contributed by atoms with E-state index in [0.29, 0.717) is 12.0 Å². The molecule has 0 aliphatic carbocycles. The van der Waals surface area contributed by atoms with Crippen LogP contribution in [0.25, 0.3) is 0 Å². The summed E-state index contributed by atoms with van der Waals surface area (Å²) in [7, 11) is 1.63. The lowest BCUT2D eigenvalue weighted by Crippen LogP contribution is -2.31. The number of thiophene rings is 1. The molecule has 3 heterocycles. The van der Waals surface area contributed by atoms with Crippen LogP contribution in [0.3, 0.4) is 0 Å². The molecule has 0 fully saturated rings. The molecule has 0 aliphatic rings. The normalized spacial score (nSPS) is 12.1. The fraction of sp³-hybridized carbons (Fsp3) is 0.278. The van der Waals surface area contributed by atoms with Gasteiger partial charge in [-0.15, -0.1) is 11.3 Å². The Morgan fingerprint density at radius 2 is 2.12 bits per heavy atom. The zero-order chi connectivity index (χ0) is 18.0. The van der Waals surface area contributed by atoms with E-state index in [4.69, 9.17) is 0 Å². The maximum atomic E-state index is 12.7. The van der Waals surface area contributed by atoms with Gasteiger partial charge in [0.25, 0.3) is 5.91 Å². The molecule has 0 radical (unpaired) electrons. The maximum Gasteiger partial charge on any atom is 0.253 e. The van der Waals surface area contributed by atoms with E-state index in [2.05, 4.69) is 21.7 Å². The number of amides is 1. The molecule has 130 valence electrons. The quantitative estimate of drug-likeness (QED) is 0.747. The predicted octanol–water partition coefficient (Wildman–Crippen LogP) is 3.23. The van der Waals surface area contributed by atoms with Crippen LogP contribution in [0, 0.1) is 13.8 Å². The molecule has 1 atom stereocenters. The van der Waals surface area contributed by atoms with Crippen LogP contribution in [0.15, 0.2) is 40.0 Å². The highest BCUT2D eigenvalue weighted by molar-refractivity contribution is 7.11. The summed E-state index contributed by atoms with van der Waals surface area (Å²) in [6.07, 6.45) is 2.24. The number of hydrogen-bond donors (Lipinski definition) is 1. The van der Waals surface area contributed by atoms with Gasteiger partial charge in [0.1, 0.15) is 5.01 Å². The Labute approximate surface area is 154 Å². The standard InChI is InChI=1S/C18H19N3O2S2/c1-11-12(2)25-18(19-11)15(8-13-6-7-24-10-13)20-17(23)14-4-5-16(22)21(3)9-14/h4-7,9-10,15H,8H2,1-3H3,(H,20,23). The molecule has 0 saturated carbocycles. The van der Waals surface area contributed by atoms with Crippen molar-refractivity contribution in [3.8, 4) is 0 Å². The van der Waals surface area contributed by atoms with Crippen molar-refractivity contribution >= 4 is 28.6 Å². The largest absolute Gasteiger partial charge is 0.342 e. The first kappa shape index (κ1) is 17.6. The molecule has 1 amide bonds. The minimum absolute atomic E-state index is 0.141. The molecule has 0 saturated heterocycles. The summed E-state index contributed by atoms with van der Waals surface area (Å²) in [6, 6.07) is 4.82. The van der Waals surface area contributed by atoms with Gasteiger partial charge < -0.3 is 9.88 Å². The van der Waals surface area contributed by atoms with Crippen molar-refractivity contribution in [1.82, 2.24) is 14.9 Å².